The number of rotatable bonds is 2. The minimum atomic E-state index is -2.19. The summed E-state index contributed by atoms with van der Waals surface area (Å²) in [5.41, 5.74) is 0.271. The number of carbonyl (C=O) groups is 2. The standard InChI is InChI=1S/C12H7Cl2N2O.C2H2O4/c13-8-1-4-10(5-2-8)17-12-6-3-9(14)7-11(12)16-15;3-1(4)2(5)6/h1-7H;(H,3,4)(H,5,6)/q+1;/p-2. The Balaban J connectivity index is 0.000000379. The van der Waals surface area contributed by atoms with Crippen LogP contribution in [-0.2, 0) is 9.59 Å². The van der Waals surface area contributed by atoms with E-state index in [2.05, 4.69) is 4.98 Å². The van der Waals surface area contributed by atoms with Gasteiger partial charge in [0.1, 0.15) is 5.75 Å². The molecule has 0 saturated carbocycles. The highest BCUT2D eigenvalue weighted by atomic mass is 35.5. The van der Waals surface area contributed by atoms with E-state index in [0.717, 1.165) is 0 Å². The van der Waals surface area contributed by atoms with Crippen molar-refractivity contribution in [2.45, 2.75) is 0 Å². The number of hydrogen-bond acceptors (Lipinski definition) is 6. The fraction of sp³-hybridized carbons (Fsp3) is 0. The van der Waals surface area contributed by atoms with Crippen molar-refractivity contribution in [3.05, 3.63) is 57.5 Å². The van der Waals surface area contributed by atoms with Gasteiger partial charge in [0.05, 0.1) is 18.0 Å². The predicted octanol–water partition coefficient (Wildman–Crippen LogP) is 1.76. The second-order valence-electron chi connectivity index (χ2n) is 3.84. The molecule has 0 spiro atoms. The molecule has 0 heterocycles. The molecular formula is C14H7Cl2N2O5-. The van der Waals surface area contributed by atoms with Crippen molar-refractivity contribution in [3.63, 3.8) is 0 Å². The van der Waals surface area contributed by atoms with E-state index in [4.69, 9.17) is 53.1 Å². The third kappa shape index (κ3) is 6.22. The van der Waals surface area contributed by atoms with Gasteiger partial charge in [0.25, 0.3) is 0 Å². The molecule has 0 aliphatic rings. The van der Waals surface area contributed by atoms with Crippen molar-refractivity contribution < 1.29 is 24.5 Å². The van der Waals surface area contributed by atoms with Crippen LogP contribution in [0.5, 0.6) is 11.5 Å². The summed E-state index contributed by atoms with van der Waals surface area (Å²) in [5.74, 6) is -3.36. The van der Waals surface area contributed by atoms with Gasteiger partial charge in [0.15, 0.2) is 4.98 Å². The molecule has 0 aliphatic heterocycles. The zero-order valence-electron chi connectivity index (χ0n) is 11.2. The molecule has 2 aromatic carbocycles. The molecule has 0 atom stereocenters. The van der Waals surface area contributed by atoms with Crippen molar-refractivity contribution in [3.8, 4) is 11.5 Å². The smallest absolute Gasteiger partial charge is 0.428 e. The Bertz CT molecular complexity index is 745. The first-order chi connectivity index (χ1) is 10.8. The zero-order valence-corrected chi connectivity index (χ0v) is 12.7. The first kappa shape index (κ1) is 18.2. The molecule has 23 heavy (non-hydrogen) atoms. The van der Waals surface area contributed by atoms with Gasteiger partial charge in [0, 0.05) is 10.0 Å². The predicted molar refractivity (Wildman–Crippen MR) is 77.7 cm³/mol. The number of benzene rings is 2. The lowest BCUT2D eigenvalue weighted by atomic mass is 10.3. The summed E-state index contributed by atoms with van der Waals surface area (Å²) in [6, 6.07) is 11.7. The van der Waals surface area contributed by atoms with Gasteiger partial charge in [-0.25, -0.2) is 0 Å². The summed E-state index contributed by atoms with van der Waals surface area (Å²) < 4.78 is 5.54. The van der Waals surface area contributed by atoms with Crippen LogP contribution in [-0.4, -0.2) is 11.9 Å². The molecule has 0 radical (unpaired) electrons. The fourth-order valence-corrected chi connectivity index (χ4v) is 1.58. The molecule has 9 heteroatoms. The Morgan fingerprint density at radius 3 is 1.96 bits per heavy atom. The Kier molecular flexibility index (Phi) is 6.80. The van der Waals surface area contributed by atoms with Gasteiger partial charge in [-0.2, -0.15) is 0 Å². The molecule has 2 aromatic rings. The van der Waals surface area contributed by atoms with Crippen molar-refractivity contribution in [2.24, 2.45) is 0 Å². The number of carbonyl (C=O) groups excluding carboxylic acids is 2. The number of aliphatic carboxylic acids is 2. The summed E-state index contributed by atoms with van der Waals surface area (Å²) >= 11 is 11.5. The maximum absolute atomic E-state index is 8.93. The average molecular weight is 354 g/mol. The van der Waals surface area contributed by atoms with Crippen molar-refractivity contribution >= 4 is 40.8 Å². The normalized spacial score (nSPS) is 9.09. The molecule has 0 N–H and O–H groups in total. The molecule has 118 valence electrons. The van der Waals surface area contributed by atoms with Gasteiger partial charge in [-0.05, 0) is 36.4 Å². The average Bonchev–Trinajstić information content (AvgIpc) is 2.51. The lowest BCUT2D eigenvalue weighted by Crippen LogP contribution is -2.42. The van der Waals surface area contributed by atoms with Gasteiger partial charge in [0.2, 0.25) is 11.1 Å². The summed E-state index contributed by atoms with van der Waals surface area (Å²) in [4.78, 5) is 21.0. The number of nitrogens with zero attached hydrogens (tertiary/aromatic N) is 2. The van der Waals surface area contributed by atoms with E-state index in [1.807, 2.05) is 0 Å². The molecule has 0 amide bonds. The van der Waals surface area contributed by atoms with Crippen LogP contribution in [0.2, 0.25) is 10.0 Å². The maximum Gasteiger partial charge on any atom is 0.428 e. The van der Waals surface area contributed by atoms with Crippen LogP contribution < -0.4 is 14.9 Å². The minimum Gasteiger partial charge on any atom is -0.543 e. The first-order valence-corrected chi connectivity index (χ1v) is 6.59. The summed E-state index contributed by atoms with van der Waals surface area (Å²) in [7, 11) is 0. The summed E-state index contributed by atoms with van der Waals surface area (Å²) in [5, 5.41) is 27.8. The molecule has 0 unspecified atom stereocenters. The minimum absolute atomic E-state index is 0.271. The molecule has 0 aromatic heterocycles. The van der Waals surface area contributed by atoms with Crippen molar-refractivity contribution in [1.29, 1.82) is 5.39 Å². The van der Waals surface area contributed by atoms with E-state index in [0.29, 0.717) is 21.5 Å². The van der Waals surface area contributed by atoms with Gasteiger partial charge < -0.3 is 24.5 Å². The van der Waals surface area contributed by atoms with Crippen molar-refractivity contribution in [2.75, 3.05) is 0 Å². The quantitative estimate of drug-likeness (QED) is 0.599. The molecule has 0 fully saturated rings. The molecule has 7 nitrogen and oxygen atoms in total. The highest BCUT2D eigenvalue weighted by Gasteiger charge is 2.16. The highest BCUT2D eigenvalue weighted by molar-refractivity contribution is 6.31. The lowest BCUT2D eigenvalue weighted by Gasteiger charge is -2.03. The SMILES string of the molecule is N#[N+]c1cc(Cl)ccc1Oc1ccc(Cl)cc1.O=C([O-])C(=O)[O-]. The number of carboxylic acid groups (broad SMARTS) is 2. The summed E-state index contributed by atoms with van der Waals surface area (Å²) in [6.07, 6.45) is 0. The fourth-order valence-electron chi connectivity index (χ4n) is 1.28. The first-order valence-electron chi connectivity index (χ1n) is 5.84. The largest absolute Gasteiger partial charge is 0.543 e. The molecule has 2 rings (SSSR count). The Morgan fingerprint density at radius 2 is 1.48 bits per heavy atom. The van der Waals surface area contributed by atoms with Crippen molar-refractivity contribution in [1.82, 2.24) is 0 Å². The van der Waals surface area contributed by atoms with E-state index in [1.165, 1.54) is 6.07 Å². The number of carboxylic acids is 2. The third-order valence-electron chi connectivity index (χ3n) is 2.24. The molecular weight excluding hydrogens is 347 g/mol. The van der Waals surface area contributed by atoms with Crippen LogP contribution in [0.15, 0.2) is 42.5 Å². The number of halogens is 2. The van der Waals surface area contributed by atoms with E-state index < -0.39 is 11.9 Å². The lowest BCUT2D eigenvalue weighted by molar-refractivity contribution is -0.345. The Morgan fingerprint density at radius 1 is 0.957 bits per heavy atom. The zero-order chi connectivity index (χ0) is 17.4. The van der Waals surface area contributed by atoms with E-state index in [9.17, 15) is 0 Å². The van der Waals surface area contributed by atoms with Crippen LogP contribution in [0.1, 0.15) is 0 Å². The molecule has 0 aliphatic carbocycles. The van der Waals surface area contributed by atoms with Gasteiger partial charge in [-0.1, -0.05) is 23.2 Å². The molecule has 0 saturated heterocycles. The Hall–Kier alpha value is -2.82. The van der Waals surface area contributed by atoms with E-state index >= 15 is 0 Å². The topological polar surface area (TPSA) is 118 Å². The van der Waals surface area contributed by atoms with Crippen LogP contribution in [0.25, 0.3) is 4.98 Å². The van der Waals surface area contributed by atoms with Crippen LogP contribution >= 0.6 is 23.2 Å². The van der Waals surface area contributed by atoms with Crippen LogP contribution in [0, 0.1) is 5.39 Å². The maximum atomic E-state index is 8.93. The third-order valence-corrected chi connectivity index (χ3v) is 2.72. The second kappa shape index (κ2) is 8.58. The van der Waals surface area contributed by atoms with Crippen LogP contribution in [0.3, 0.4) is 0 Å². The number of ether oxygens (including phenoxy) is 1. The Labute approximate surface area is 140 Å². The van der Waals surface area contributed by atoms with Gasteiger partial charge >= 0.3 is 5.69 Å². The van der Waals surface area contributed by atoms with Gasteiger partial charge in [-0.3, -0.25) is 0 Å². The highest BCUT2D eigenvalue weighted by Crippen LogP contribution is 2.34. The number of diazo groups is 1. The van der Waals surface area contributed by atoms with Crippen LogP contribution in [0.4, 0.5) is 5.69 Å². The summed E-state index contributed by atoms with van der Waals surface area (Å²) in [6.45, 7) is 0. The van der Waals surface area contributed by atoms with E-state index in [1.54, 1.807) is 36.4 Å². The number of hydrogen-bond donors (Lipinski definition) is 0. The van der Waals surface area contributed by atoms with E-state index in [-0.39, 0.29) is 5.69 Å². The van der Waals surface area contributed by atoms with Gasteiger partial charge in [-0.15, -0.1) is 0 Å². The monoisotopic (exact) mass is 353 g/mol. The molecule has 0 bridgehead atoms. The second-order valence-corrected chi connectivity index (χ2v) is 4.72.